The lowest BCUT2D eigenvalue weighted by atomic mass is 10.0. The van der Waals surface area contributed by atoms with Gasteiger partial charge in [0, 0.05) is 30.9 Å². The summed E-state index contributed by atoms with van der Waals surface area (Å²) in [7, 11) is 1.58. The van der Waals surface area contributed by atoms with Crippen LogP contribution in [0.1, 0.15) is 16.8 Å². The van der Waals surface area contributed by atoms with Crippen molar-refractivity contribution in [3.63, 3.8) is 0 Å². The predicted octanol–water partition coefficient (Wildman–Crippen LogP) is 1.10. The second-order valence-corrected chi connectivity index (χ2v) is 8.59. The van der Waals surface area contributed by atoms with Crippen LogP contribution >= 0.6 is 0 Å². The van der Waals surface area contributed by atoms with Crippen LogP contribution in [0.2, 0.25) is 0 Å². The Hall–Kier alpha value is -4.27. The van der Waals surface area contributed by atoms with E-state index in [-0.39, 0.29) is 25.7 Å². The first-order valence-electron chi connectivity index (χ1n) is 11.1. The number of hydrogen-bond acceptors (Lipinski definition) is 7. The zero-order valence-corrected chi connectivity index (χ0v) is 19.3. The van der Waals surface area contributed by atoms with Gasteiger partial charge in [0.25, 0.3) is 5.91 Å². The number of likely N-dealkylation sites (N-methyl/N-ethyl adjacent to an activating group) is 1. The van der Waals surface area contributed by atoms with Crippen molar-refractivity contribution >= 4 is 17.6 Å². The van der Waals surface area contributed by atoms with Crippen molar-refractivity contribution in [2.75, 3.05) is 31.8 Å². The molecule has 184 valence electrons. The topological polar surface area (TPSA) is 119 Å². The third-order valence-electron chi connectivity index (χ3n) is 5.78. The first-order valence-corrected chi connectivity index (χ1v) is 11.1. The number of aromatic nitrogens is 3. The quantitative estimate of drug-likeness (QED) is 0.416. The summed E-state index contributed by atoms with van der Waals surface area (Å²) in [6.07, 6.45) is 3.27. The fourth-order valence-electron chi connectivity index (χ4n) is 3.77. The Bertz CT molecular complexity index is 1390. The van der Waals surface area contributed by atoms with E-state index in [9.17, 15) is 19.1 Å². The van der Waals surface area contributed by atoms with Gasteiger partial charge in [-0.2, -0.15) is 14.2 Å². The van der Waals surface area contributed by atoms with E-state index in [1.807, 2.05) is 0 Å². The van der Waals surface area contributed by atoms with Crippen LogP contribution in [0.15, 0.2) is 48.8 Å². The monoisotopic (exact) mass is 491 g/mol. The van der Waals surface area contributed by atoms with E-state index in [0.29, 0.717) is 34.7 Å². The van der Waals surface area contributed by atoms with Crippen molar-refractivity contribution < 1.29 is 28.6 Å². The number of pyridine rings is 1. The fourth-order valence-corrected chi connectivity index (χ4v) is 3.77. The van der Waals surface area contributed by atoms with Crippen LogP contribution in [0.3, 0.4) is 0 Å². The van der Waals surface area contributed by atoms with Gasteiger partial charge in [0.05, 0.1) is 25.1 Å². The lowest BCUT2D eigenvalue weighted by molar-refractivity contribution is -0.140. The lowest BCUT2D eigenvalue weighted by Gasteiger charge is -2.30. The van der Waals surface area contributed by atoms with E-state index < -0.39 is 23.6 Å². The van der Waals surface area contributed by atoms with Crippen LogP contribution < -0.4 is 15.0 Å². The van der Waals surface area contributed by atoms with Gasteiger partial charge in [-0.3, -0.25) is 4.79 Å². The number of nitrogens with one attached hydrogen (secondary N) is 1. The van der Waals surface area contributed by atoms with Crippen molar-refractivity contribution in [1.82, 2.24) is 20.1 Å². The summed E-state index contributed by atoms with van der Waals surface area (Å²) in [6, 6.07) is 8.02. The molecule has 0 saturated carbocycles. The number of hydrogen-bond donors (Lipinski definition) is 2. The molecule has 2 amide bonds. The van der Waals surface area contributed by atoms with Crippen LogP contribution in [0.25, 0.3) is 0 Å². The number of fused-ring (bicyclic) bond motifs is 1. The Balaban J connectivity index is 1.26. The van der Waals surface area contributed by atoms with Crippen LogP contribution in [0, 0.1) is 17.8 Å². The van der Waals surface area contributed by atoms with Crippen molar-refractivity contribution in [3.05, 3.63) is 71.6 Å². The standard InChI is InChI=1S/C25H22FN5O5/c1-30-20-10-16(7-8-25(34)14-35-15-25)5-6-21(20)36-13-19(23(30)32)29-24(33)31-12-17(11-27-31)9-18-3-2-4-22(26)28-18/h2-6,10-12,19,34H,9,13-15H2,1H3,(H,29,33)/t19-/m0/s1. The molecule has 0 unspecified atom stereocenters. The minimum absolute atomic E-state index is 0.0780. The molecule has 2 aliphatic rings. The summed E-state index contributed by atoms with van der Waals surface area (Å²) in [4.78, 5) is 31.1. The van der Waals surface area contributed by atoms with Gasteiger partial charge in [0.2, 0.25) is 5.95 Å². The zero-order chi connectivity index (χ0) is 25.3. The summed E-state index contributed by atoms with van der Waals surface area (Å²) in [6.45, 7) is 0.242. The molecular formula is C25H22FN5O5. The van der Waals surface area contributed by atoms with E-state index in [2.05, 4.69) is 27.2 Å². The molecule has 0 aliphatic carbocycles. The Morgan fingerprint density at radius 2 is 2.17 bits per heavy atom. The minimum atomic E-state index is -1.15. The molecule has 0 radical (unpaired) electrons. The summed E-state index contributed by atoms with van der Waals surface area (Å²) >= 11 is 0. The van der Waals surface area contributed by atoms with E-state index in [1.54, 1.807) is 37.4 Å². The van der Waals surface area contributed by atoms with E-state index in [0.717, 1.165) is 4.68 Å². The number of nitrogens with zero attached hydrogens (tertiary/aromatic N) is 4. The number of benzene rings is 1. The molecule has 36 heavy (non-hydrogen) atoms. The maximum Gasteiger partial charge on any atom is 0.342 e. The fraction of sp³-hybridized carbons (Fsp3) is 0.280. The number of carbonyl (C=O) groups excluding carboxylic acids is 2. The van der Waals surface area contributed by atoms with Gasteiger partial charge in [0.15, 0.2) is 5.60 Å². The molecule has 10 nitrogen and oxygen atoms in total. The normalized spacial score (nSPS) is 18.1. The maximum atomic E-state index is 13.3. The highest BCUT2D eigenvalue weighted by molar-refractivity contribution is 6.00. The molecule has 2 N–H and O–H groups in total. The molecule has 0 bridgehead atoms. The number of rotatable bonds is 3. The second-order valence-electron chi connectivity index (χ2n) is 8.59. The van der Waals surface area contributed by atoms with Crippen molar-refractivity contribution in [2.45, 2.75) is 18.1 Å². The van der Waals surface area contributed by atoms with Gasteiger partial charge < -0.3 is 24.8 Å². The number of anilines is 1. The highest BCUT2D eigenvalue weighted by Gasteiger charge is 2.34. The number of ether oxygens (including phenoxy) is 2. The molecule has 1 saturated heterocycles. The summed E-state index contributed by atoms with van der Waals surface area (Å²) in [5.41, 5.74) is 1.09. The number of halogens is 1. The maximum absolute atomic E-state index is 13.3. The van der Waals surface area contributed by atoms with Gasteiger partial charge in [-0.1, -0.05) is 17.9 Å². The summed E-state index contributed by atoms with van der Waals surface area (Å²) in [5.74, 6) is 5.18. The van der Waals surface area contributed by atoms with Gasteiger partial charge in [-0.05, 0) is 35.9 Å². The Kier molecular flexibility index (Phi) is 6.13. The van der Waals surface area contributed by atoms with Crippen LogP contribution in [0.5, 0.6) is 5.75 Å². The molecular weight excluding hydrogens is 469 g/mol. The van der Waals surface area contributed by atoms with Crippen molar-refractivity contribution in [1.29, 1.82) is 0 Å². The first kappa shape index (κ1) is 23.5. The molecule has 2 aliphatic heterocycles. The van der Waals surface area contributed by atoms with Crippen LogP contribution in [-0.2, 0) is 16.0 Å². The zero-order valence-electron chi connectivity index (χ0n) is 19.3. The molecule has 5 rings (SSSR count). The average molecular weight is 491 g/mol. The predicted molar refractivity (Wildman–Crippen MR) is 125 cm³/mol. The highest BCUT2D eigenvalue weighted by atomic mass is 19.1. The molecule has 3 aromatic rings. The van der Waals surface area contributed by atoms with Gasteiger partial charge in [-0.15, -0.1) is 0 Å². The SMILES string of the molecule is CN1C(=O)[C@@H](NC(=O)n2cc(Cc3cccc(F)n3)cn2)COc2ccc(C#CC3(O)COC3)cc21. The molecule has 11 heteroatoms. The second kappa shape index (κ2) is 9.41. The first-order chi connectivity index (χ1) is 17.3. The smallest absolute Gasteiger partial charge is 0.342 e. The van der Waals surface area contributed by atoms with E-state index in [1.165, 1.54) is 23.4 Å². The Morgan fingerprint density at radius 1 is 1.33 bits per heavy atom. The third-order valence-corrected chi connectivity index (χ3v) is 5.78. The number of amides is 2. The van der Waals surface area contributed by atoms with Crippen molar-refractivity contribution in [2.24, 2.45) is 0 Å². The van der Waals surface area contributed by atoms with Gasteiger partial charge >= 0.3 is 6.03 Å². The van der Waals surface area contributed by atoms with E-state index in [4.69, 9.17) is 9.47 Å². The van der Waals surface area contributed by atoms with Gasteiger partial charge in [-0.25, -0.2) is 9.78 Å². The molecule has 4 heterocycles. The molecule has 1 atom stereocenters. The number of aliphatic hydroxyl groups is 1. The highest BCUT2D eigenvalue weighted by Crippen LogP contribution is 2.31. The Labute approximate surface area is 205 Å². The lowest BCUT2D eigenvalue weighted by Crippen LogP contribution is -2.50. The Morgan fingerprint density at radius 3 is 2.92 bits per heavy atom. The molecule has 1 fully saturated rings. The molecule has 0 spiro atoms. The summed E-state index contributed by atoms with van der Waals surface area (Å²) < 4.78 is 25.2. The molecule has 1 aromatic carbocycles. The van der Waals surface area contributed by atoms with E-state index >= 15 is 0 Å². The van der Waals surface area contributed by atoms with Crippen molar-refractivity contribution in [3.8, 4) is 17.6 Å². The minimum Gasteiger partial charge on any atom is -0.489 e. The summed E-state index contributed by atoms with van der Waals surface area (Å²) in [5, 5.41) is 16.8. The van der Waals surface area contributed by atoms with Crippen LogP contribution in [0.4, 0.5) is 14.9 Å². The number of carbonyl (C=O) groups is 2. The molecule has 2 aromatic heterocycles. The third kappa shape index (κ3) is 4.91. The van der Waals surface area contributed by atoms with Gasteiger partial charge in [0.1, 0.15) is 18.4 Å². The average Bonchev–Trinajstić information content (AvgIpc) is 3.28. The van der Waals surface area contributed by atoms with Crippen LogP contribution in [-0.4, -0.2) is 70.3 Å². The largest absolute Gasteiger partial charge is 0.489 e.